The summed E-state index contributed by atoms with van der Waals surface area (Å²) in [5.41, 5.74) is 0.165. The monoisotopic (exact) mass is 344 g/mol. The summed E-state index contributed by atoms with van der Waals surface area (Å²) < 4.78 is 28.7. The van der Waals surface area contributed by atoms with Gasteiger partial charge in [0.05, 0.1) is 18.8 Å². The Morgan fingerprint density at radius 1 is 1.13 bits per heavy atom. The number of phosphoric ester groups is 1. The van der Waals surface area contributed by atoms with Crippen LogP contribution in [0.2, 0.25) is 0 Å². The number of ketones is 1. The molecule has 0 aromatic heterocycles. The second-order valence-corrected chi connectivity index (χ2v) is 7.75. The maximum atomic E-state index is 12.7. The van der Waals surface area contributed by atoms with Crippen LogP contribution in [0.25, 0.3) is 0 Å². The van der Waals surface area contributed by atoms with Gasteiger partial charge in [-0.05, 0) is 30.9 Å². The molecule has 0 aliphatic rings. The van der Waals surface area contributed by atoms with Crippen molar-refractivity contribution in [3.8, 4) is 11.5 Å². The number of phenols is 1. The topological polar surface area (TPSA) is 82.1 Å². The number of Topliss-reactive ketones (excluding diaryl/α,β-unsaturated/α-hetero) is 1. The van der Waals surface area contributed by atoms with Gasteiger partial charge in [-0.15, -0.1) is 0 Å². The molecule has 1 aromatic carbocycles. The fraction of sp³-hybridized carbons (Fsp3) is 0.562. The fourth-order valence-electron chi connectivity index (χ4n) is 1.57. The van der Waals surface area contributed by atoms with Crippen molar-refractivity contribution in [2.75, 3.05) is 13.2 Å². The Balaban J connectivity index is 2.93. The number of hydrogen-bond acceptors (Lipinski definition) is 6. The molecule has 1 aromatic rings. The first-order valence-corrected chi connectivity index (χ1v) is 9.01. The van der Waals surface area contributed by atoms with Crippen molar-refractivity contribution in [3.05, 3.63) is 23.8 Å². The maximum Gasteiger partial charge on any atom is 0.530 e. The summed E-state index contributed by atoms with van der Waals surface area (Å²) in [5.74, 6) is -0.0897. The molecule has 1 N–H and O–H groups in total. The number of hydrogen-bond donors (Lipinski definition) is 1. The molecule has 0 amide bonds. The van der Waals surface area contributed by atoms with E-state index < -0.39 is 7.82 Å². The largest absolute Gasteiger partial charge is 0.530 e. The van der Waals surface area contributed by atoms with E-state index in [0.717, 1.165) is 0 Å². The van der Waals surface area contributed by atoms with Crippen molar-refractivity contribution < 1.29 is 28.0 Å². The molecule has 0 spiro atoms. The molecule has 0 atom stereocenters. The van der Waals surface area contributed by atoms with Crippen LogP contribution in [0.4, 0.5) is 0 Å². The van der Waals surface area contributed by atoms with Gasteiger partial charge in [0, 0.05) is 6.07 Å². The molecule has 130 valence electrons. The highest BCUT2D eigenvalue weighted by atomic mass is 31.2. The molecule has 0 aliphatic heterocycles. The van der Waals surface area contributed by atoms with E-state index in [4.69, 9.17) is 13.6 Å². The molecule has 7 heteroatoms. The number of rotatable bonds is 9. The second-order valence-electron chi connectivity index (χ2n) is 6.15. The third-order valence-corrected chi connectivity index (χ3v) is 4.06. The van der Waals surface area contributed by atoms with E-state index in [0.29, 0.717) is 0 Å². The van der Waals surface area contributed by atoms with E-state index in [1.54, 1.807) is 0 Å². The number of phenolic OH excluding ortho intramolecular Hbond substituents is 1. The quantitative estimate of drug-likeness (QED) is 0.527. The summed E-state index contributed by atoms with van der Waals surface area (Å²) in [5, 5.41) is 9.82. The van der Waals surface area contributed by atoms with Crippen molar-refractivity contribution in [1.29, 1.82) is 0 Å². The molecule has 0 fully saturated rings. The molecule has 0 radical (unpaired) electrons. The highest BCUT2D eigenvalue weighted by Crippen LogP contribution is 2.50. The molecule has 0 saturated heterocycles. The molecule has 6 nitrogen and oxygen atoms in total. The number of carbonyl (C=O) groups is 1. The van der Waals surface area contributed by atoms with Crippen LogP contribution in [0.15, 0.2) is 18.2 Å². The fourth-order valence-corrected chi connectivity index (χ4v) is 3.08. The van der Waals surface area contributed by atoms with Gasteiger partial charge in [0.25, 0.3) is 0 Å². The normalized spacial score (nSPS) is 12.0. The van der Waals surface area contributed by atoms with Crippen molar-refractivity contribution in [2.24, 2.45) is 11.8 Å². The lowest BCUT2D eigenvalue weighted by molar-refractivity contribution is 0.101. The van der Waals surface area contributed by atoms with Gasteiger partial charge in [0.15, 0.2) is 5.78 Å². The van der Waals surface area contributed by atoms with Crippen LogP contribution in [0.3, 0.4) is 0 Å². The zero-order chi connectivity index (χ0) is 17.6. The van der Waals surface area contributed by atoms with Gasteiger partial charge in [-0.2, -0.15) is 0 Å². The first-order chi connectivity index (χ1) is 10.6. The van der Waals surface area contributed by atoms with Gasteiger partial charge in [0.2, 0.25) is 0 Å². The predicted molar refractivity (Wildman–Crippen MR) is 87.9 cm³/mol. The Hall–Kier alpha value is -1.36. The van der Waals surface area contributed by atoms with E-state index in [1.807, 2.05) is 27.7 Å². The van der Waals surface area contributed by atoms with Crippen LogP contribution in [0.5, 0.6) is 11.5 Å². The van der Waals surface area contributed by atoms with Crippen molar-refractivity contribution in [2.45, 2.75) is 34.6 Å². The van der Waals surface area contributed by atoms with Crippen LogP contribution in [-0.4, -0.2) is 24.1 Å². The second kappa shape index (κ2) is 8.48. The Labute approximate surface area is 137 Å². The Morgan fingerprint density at radius 3 is 2.04 bits per heavy atom. The first-order valence-electron chi connectivity index (χ1n) is 7.55. The summed E-state index contributed by atoms with van der Waals surface area (Å²) in [6, 6.07) is 4.07. The minimum absolute atomic E-state index is 0.114. The third-order valence-electron chi connectivity index (χ3n) is 2.70. The molecular weight excluding hydrogens is 319 g/mol. The summed E-state index contributed by atoms with van der Waals surface area (Å²) in [6.07, 6.45) is 0. The van der Waals surface area contributed by atoms with Crippen LogP contribution >= 0.6 is 7.82 Å². The molecule has 0 bridgehead atoms. The van der Waals surface area contributed by atoms with Gasteiger partial charge >= 0.3 is 7.82 Å². The van der Waals surface area contributed by atoms with E-state index in [-0.39, 0.29) is 47.9 Å². The maximum absolute atomic E-state index is 12.7. The Bertz CT molecular complexity index is 566. The average Bonchev–Trinajstić information content (AvgIpc) is 2.43. The highest BCUT2D eigenvalue weighted by Gasteiger charge is 2.30. The van der Waals surface area contributed by atoms with Gasteiger partial charge < -0.3 is 9.63 Å². The summed E-state index contributed by atoms with van der Waals surface area (Å²) >= 11 is 0. The predicted octanol–water partition coefficient (Wildman–Crippen LogP) is 4.43. The zero-order valence-corrected chi connectivity index (χ0v) is 15.1. The molecule has 23 heavy (non-hydrogen) atoms. The number of benzene rings is 1. The lowest BCUT2D eigenvalue weighted by Gasteiger charge is -2.20. The third kappa shape index (κ3) is 6.73. The number of aromatic hydroxyl groups is 1. The Kier molecular flexibility index (Phi) is 7.26. The minimum atomic E-state index is -3.80. The Morgan fingerprint density at radius 2 is 1.65 bits per heavy atom. The van der Waals surface area contributed by atoms with Gasteiger partial charge in [-0.3, -0.25) is 13.8 Å². The van der Waals surface area contributed by atoms with E-state index in [1.165, 1.54) is 25.1 Å². The first kappa shape index (κ1) is 19.7. The molecule has 0 heterocycles. The summed E-state index contributed by atoms with van der Waals surface area (Å²) in [6.45, 7) is 9.44. The zero-order valence-electron chi connectivity index (χ0n) is 14.2. The van der Waals surface area contributed by atoms with Crippen molar-refractivity contribution in [3.63, 3.8) is 0 Å². The number of phosphoric acid groups is 1. The molecule has 0 saturated carbocycles. The average molecular weight is 344 g/mol. The molecule has 0 unspecified atom stereocenters. The van der Waals surface area contributed by atoms with E-state index in [2.05, 4.69) is 0 Å². The summed E-state index contributed by atoms with van der Waals surface area (Å²) in [7, 11) is -3.80. The SMILES string of the molecule is CC(=O)c1ccc(OP(=O)(OCC(C)C)OCC(C)C)cc1O. The molecule has 0 aliphatic carbocycles. The van der Waals surface area contributed by atoms with Crippen LogP contribution < -0.4 is 4.52 Å². The van der Waals surface area contributed by atoms with Crippen molar-refractivity contribution >= 4 is 13.6 Å². The molecule has 1 rings (SSSR count). The van der Waals surface area contributed by atoms with E-state index in [9.17, 15) is 14.5 Å². The minimum Gasteiger partial charge on any atom is -0.507 e. The van der Waals surface area contributed by atoms with E-state index >= 15 is 0 Å². The lowest BCUT2D eigenvalue weighted by Crippen LogP contribution is -2.10. The van der Waals surface area contributed by atoms with Gasteiger partial charge in [-0.25, -0.2) is 4.57 Å². The van der Waals surface area contributed by atoms with Crippen LogP contribution in [0, 0.1) is 11.8 Å². The number of carbonyl (C=O) groups excluding carboxylic acids is 1. The van der Waals surface area contributed by atoms with Crippen LogP contribution in [-0.2, 0) is 13.6 Å². The molecular formula is C16H25O6P. The van der Waals surface area contributed by atoms with Crippen LogP contribution in [0.1, 0.15) is 45.0 Å². The smallest absolute Gasteiger partial charge is 0.507 e. The van der Waals surface area contributed by atoms with Gasteiger partial charge in [0.1, 0.15) is 11.5 Å². The highest BCUT2D eigenvalue weighted by molar-refractivity contribution is 7.48. The van der Waals surface area contributed by atoms with Gasteiger partial charge in [-0.1, -0.05) is 27.7 Å². The lowest BCUT2D eigenvalue weighted by atomic mass is 10.1. The van der Waals surface area contributed by atoms with Crippen molar-refractivity contribution in [1.82, 2.24) is 0 Å². The summed E-state index contributed by atoms with van der Waals surface area (Å²) in [4.78, 5) is 11.3. The standard InChI is InChI=1S/C16H25O6P/c1-11(2)9-20-23(19,21-10-12(3)4)22-14-6-7-15(13(5)17)16(18)8-14/h6-8,11-12,18H,9-10H2,1-5H3.